The lowest BCUT2D eigenvalue weighted by Crippen LogP contribution is -1.96. The van der Waals surface area contributed by atoms with E-state index in [9.17, 15) is 4.39 Å². The molecule has 0 bridgehead atoms. The Kier molecular flexibility index (Phi) is 3.24. The maximum atomic E-state index is 13.3. The van der Waals surface area contributed by atoms with Crippen molar-refractivity contribution in [2.75, 3.05) is 0 Å². The summed E-state index contributed by atoms with van der Waals surface area (Å²) >= 11 is 0. The minimum absolute atomic E-state index is 0.111. The van der Waals surface area contributed by atoms with Gasteiger partial charge >= 0.3 is 0 Å². The largest absolute Gasteiger partial charge is 0.207 e. The van der Waals surface area contributed by atoms with Gasteiger partial charge in [0.2, 0.25) is 0 Å². The van der Waals surface area contributed by atoms with E-state index < -0.39 is 0 Å². The Morgan fingerprint density at radius 2 is 2.23 bits per heavy atom. The molecule has 0 spiro atoms. The molecule has 1 aromatic rings. The number of hydrogen-bond acceptors (Lipinski definition) is 0. The standard InChI is InChI=1S/C12H15F/c1-4-9(3)11-8-10(5-2)6-7-12(11)13/h5-9H,2,4H2,1,3H3. The van der Waals surface area contributed by atoms with Crippen LogP contribution < -0.4 is 0 Å². The highest BCUT2D eigenvalue weighted by molar-refractivity contribution is 5.48. The molecule has 0 fully saturated rings. The quantitative estimate of drug-likeness (QED) is 0.656. The zero-order valence-electron chi connectivity index (χ0n) is 8.18. The first kappa shape index (κ1) is 9.97. The molecular formula is C12H15F. The molecule has 1 atom stereocenters. The molecule has 0 amide bonds. The van der Waals surface area contributed by atoms with Gasteiger partial charge in [0.05, 0.1) is 0 Å². The summed E-state index contributed by atoms with van der Waals surface area (Å²) in [6.45, 7) is 7.76. The molecule has 13 heavy (non-hydrogen) atoms. The van der Waals surface area contributed by atoms with Crippen LogP contribution in [0.3, 0.4) is 0 Å². The predicted molar refractivity (Wildman–Crippen MR) is 55.2 cm³/mol. The van der Waals surface area contributed by atoms with Crippen LogP contribution in [-0.4, -0.2) is 0 Å². The second-order valence-corrected chi connectivity index (χ2v) is 3.29. The zero-order chi connectivity index (χ0) is 9.84. The van der Waals surface area contributed by atoms with Gasteiger partial charge in [0.1, 0.15) is 5.82 Å². The summed E-state index contributed by atoms with van der Waals surface area (Å²) in [6.07, 6.45) is 2.70. The van der Waals surface area contributed by atoms with Crippen LogP contribution in [0.4, 0.5) is 4.39 Å². The molecule has 1 unspecified atom stereocenters. The first-order valence-corrected chi connectivity index (χ1v) is 4.61. The van der Waals surface area contributed by atoms with Gasteiger partial charge in [-0.15, -0.1) is 0 Å². The lowest BCUT2D eigenvalue weighted by atomic mass is 9.96. The van der Waals surface area contributed by atoms with Gasteiger partial charge in [0.15, 0.2) is 0 Å². The lowest BCUT2D eigenvalue weighted by molar-refractivity contribution is 0.583. The van der Waals surface area contributed by atoms with Gasteiger partial charge in [-0.05, 0) is 35.6 Å². The van der Waals surface area contributed by atoms with E-state index in [-0.39, 0.29) is 11.7 Å². The Balaban J connectivity index is 3.10. The molecule has 70 valence electrons. The highest BCUT2D eigenvalue weighted by Crippen LogP contribution is 2.23. The molecule has 0 radical (unpaired) electrons. The number of hydrogen-bond donors (Lipinski definition) is 0. The molecule has 0 aliphatic carbocycles. The molecule has 0 N–H and O–H groups in total. The average molecular weight is 178 g/mol. The smallest absolute Gasteiger partial charge is 0.126 e. The number of benzene rings is 1. The molecule has 0 nitrogen and oxygen atoms in total. The van der Waals surface area contributed by atoms with Crippen molar-refractivity contribution in [2.24, 2.45) is 0 Å². The van der Waals surface area contributed by atoms with Gasteiger partial charge in [-0.1, -0.05) is 32.6 Å². The Labute approximate surface area is 79.1 Å². The number of halogens is 1. The van der Waals surface area contributed by atoms with E-state index in [2.05, 4.69) is 13.5 Å². The van der Waals surface area contributed by atoms with E-state index in [4.69, 9.17) is 0 Å². The summed E-state index contributed by atoms with van der Waals surface area (Å²) in [5.74, 6) is 0.167. The van der Waals surface area contributed by atoms with Crippen molar-refractivity contribution in [3.63, 3.8) is 0 Å². The SMILES string of the molecule is C=Cc1ccc(F)c(C(C)CC)c1. The van der Waals surface area contributed by atoms with Crippen LogP contribution in [0.25, 0.3) is 6.08 Å². The normalized spacial score (nSPS) is 12.5. The molecule has 1 rings (SSSR count). The highest BCUT2D eigenvalue weighted by Gasteiger charge is 2.08. The van der Waals surface area contributed by atoms with Crippen LogP contribution in [0.15, 0.2) is 24.8 Å². The molecule has 0 aliphatic heterocycles. The highest BCUT2D eigenvalue weighted by atomic mass is 19.1. The molecule has 1 aromatic carbocycles. The third-order valence-corrected chi connectivity index (χ3v) is 2.40. The summed E-state index contributed by atoms with van der Waals surface area (Å²) in [7, 11) is 0. The Hall–Kier alpha value is -1.11. The lowest BCUT2D eigenvalue weighted by Gasteiger charge is -2.10. The van der Waals surface area contributed by atoms with Crippen LogP contribution in [0.5, 0.6) is 0 Å². The van der Waals surface area contributed by atoms with Crippen LogP contribution >= 0.6 is 0 Å². The molecule has 1 heteroatoms. The van der Waals surface area contributed by atoms with Crippen molar-refractivity contribution in [3.05, 3.63) is 41.7 Å². The molecule has 0 heterocycles. The third kappa shape index (κ3) is 2.18. The number of rotatable bonds is 3. The van der Waals surface area contributed by atoms with Crippen molar-refractivity contribution < 1.29 is 4.39 Å². The molecule has 0 aromatic heterocycles. The fourth-order valence-corrected chi connectivity index (χ4v) is 1.29. The third-order valence-electron chi connectivity index (χ3n) is 2.40. The first-order chi connectivity index (χ1) is 6.19. The summed E-state index contributed by atoms with van der Waals surface area (Å²) in [6, 6.07) is 5.13. The average Bonchev–Trinajstić information content (AvgIpc) is 2.17. The van der Waals surface area contributed by atoms with Crippen LogP contribution in [0.2, 0.25) is 0 Å². The summed E-state index contributed by atoms with van der Waals surface area (Å²) < 4.78 is 13.3. The van der Waals surface area contributed by atoms with Crippen molar-refractivity contribution in [1.82, 2.24) is 0 Å². The van der Waals surface area contributed by atoms with Crippen LogP contribution in [0, 0.1) is 5.82 Å². The molecule has 0 saturated carbocycles. The summed E-state index contributed by atoms with van der Waals surface area (Å²) in [5, 5.41) is 0. The predicted octanol–water partition coefficient (Wildman–Crippen LogP) is 3.98. The Bertz CT molecular complexity index is 302. The summed E-state index contributed by atoms with van der Waals surface area (Å²) in [5.41, 5.74) is 1.77. The van der Waals surface area contributed by atoms with E-state index >= 15 is 0 Å². The van der Waals surface area contributed by atoms with Crippen molar-refractivity contribution in [2.45, 2.75) is 26.2 Å². The fourth-order valence-electron chi connectivity index (χ4n) is 1.29. The van der Waals surface area contributed by atoms with E-state index in [1.807, 2.05) is 13.0 Å². The minimum atomic E-state index is -0.111. The maximum absolute atomic E-state index is 13.3. The van der Waals surface area contributed by atoms with Crippen molar-refractivity contribution in [3.8, 4) is 0 Å². The van der Waals surface area contributed by atoms with Crippen molar-refractivity contribution >= 4 is 6.08 Å². The van der Waals surface area contributed by atoms with Crippen molar-refractivity contribution in [1.29, 1.82) is 0 Å². The topological polar surface area (TPSA) is 0 Å². The van der Waals surface area contributed by atoms with Gasteiger partial charge in [-0.3, -0.25) is 0 Å². The summed E-state index contributed by atoms with van der Waals surface area (Å²) in [4.78, 5) is 0. The van der Waals surface area contributed by atoms with Gasteiger partial charge in [-0.2, -0.15) is 0 Å². The fraction of sp³-hybridized carbons (Fsp3) is 0.333. The van der Waals surface area contributed by atoms with Gasteiger partial charge in [0.25, 0.3) is 0 Å². The second-order valence-electron chi connectivity index (χ2n) is 3.29. The Morgan fingerprint density at radius 1 is 1.54 bits per heavy atom. The first-order valence-electron chi connectivity index (χ1n) is 4.61. The van der Waals surface area contributed by atoms with Crippen LogP contribution in [-0.2, 0) is 0 Å². The van der Waals surface area contributed by atoms with Gasteiger partial charge in [0, 0.05) is 0 Å². The minimum Gasteiger partial charge on any atom is -0.207 e. The van der Waals surface area contributed by atoms with Gasteiger partial charge in [-0.25, -0.2) is 4.39 Å². The van der Waals surface area contributed by atoms with E-state index in [0.29, 0.717) is 0 Å². The molecular weight excluding hydrogens is 163 g/mol. The zero-order valence-corrected chi connectivity index (χ0v) is 8.18. The monoisotopic (exact) mass is 178 g/mol. The van der Waals surface area contributed by atoms with Crippen LogP contribution in [0.1, 0.15) is 37.3 Å². The van der Waals surface area contributed by atoms with E-state index in [1.165, 1.54) is 6.07 Å². The van der Waals surface area contributed by atoms with E-state index in [1.54, 1.807) is 12.1 Å². The maximum Gasteiger partial charge on any atom is 0.126 e. The molecule has 0 saturated heterocycles. The second kappa shape index (κ2) is 4.22. The van der Waals surface area contributed by atoms with Gasteiger partial charge < -0.3 is 0 Å². The Morgan fingerprint density at radius 3 is 2.77 bits per heavy atom. The molecule has 0 aliphatic rings. The van der Waals surface area contributed by atoms with E-state index in [0.717, 1.165) is 17.5 Å².